The fraction of sp³-hybridized carbons (Fsp3) is 0.160. The predicted molar refractivity (Wildman–Crippen MR) is 128 cm³/mol. The van der Waals surface area contributed by atoms with E-state index in [0.717, 1.165) is 11.3 Å². The zero-order chi connectivity index (χ0) is 23.8. The molecule has 0 saturated heterocycles. The second-order valence-electron chi connectivity index (χ2n) is 7.49. The van der Waals surface area contributed by atoms with Gasteiger partial charge in [-0.2, -0.15) is 0 Å². The smallest absolute Gasteiger partial charge is 0.404 e. The standard InChI is InChI=1S/C25H25FN4O3/c1-17-3-10-21(11-4-17)29-22-12-7-19(24(31)30(2)14-13-27-25(32)33)15-23(22)28-16-18-5-8-20(26)9-6-18/h3-12,15-16,27,29H,13-14H2,1-2H3,(H,32,33). The molecule has 170 valence electrons. The Labute approximate surface area is 191 Å². The molecule has 0 heterocycles. The number of carbonyl (C=O) groups is 2. The zero-order valence-corrected chi connectivity index (χ0v) is 18.4. The largest absolute Gasteiger partial charge is 0.465 e. The first-order chi connectivity index (χ1) is 15.8. The van der Waals surface area contributed by atoms with Gasteiger partial charge in [0.05, 0.1) is 11.4 Å². The maximum absolute atomic E-state index is 13.2. The molecule has 0 saturated carbocycles. The Morgan fingerprint density at radius 3 is 2.42 bits per heavy atom. The number of likely N-dealkylation sites (N-methyl/N-ethyl adjacent to an activating group) is 1. The summed E-state index contributed by atoms with van der Waals surface area (Å²) in [4.78, 5) is 29.4. The normalized spacial score (nSPS) is 10.8. The molecule has 0 spiro atoms. The van der Waals surface area contributed by atoms with Crippen LogP contribution in [0.25, 0.3) is 0 Å². The molecule has 0 unspecified atom stereocenters. The molecule has 0 aromatic heterocycles. The molecule has 3 N–H and O–H groups in total. The molecule has 0 aliphatic heterocycles. The third kappa shape index (κ3) is 6.90. The van der Waals surface area contributed by atoms with Crippen LogP contribution in [0.2, 0.25) is 0 Å². The summed E-state index contributed by atoms with van der Waals surface area (Å²) in [6.07, 6.45) is 0.462. The molecular formula is C25H25FN4O3. The highest BCUT2D eigenvalue weighted by Gasteiger charge is 2.14. The Morgan fingerprint density at radius 1 is 1.06 bits per heavy atom. The average Bonchev–Trinajstić information content (AvgIpc) is 2.80. The van der Waals surface area contributed by atoms with E-state index < -0.39 is 6.09 Å². The zero-order valence-electron chi connectivity index (χ0n) is 18.4. The number of benzene rings is 3. The lowest BCUT2D eigenvalue weighted by molar-refractivity contribution is 0.0795. The van der Waals surface area contributed by atoms with Gasteiger partial charge in [0.25, 0.3) is 5.91 Å². The Balaban J connectivity index is 1.87. The van der Waals surface area contributed by atoms with E-state index in [1.165, 1.54) is 17.0 Å². The molecule has 0 radical (unpaired) electrons. The maximum atomic E-state index is 13.2. The molecule has 0 aliphatic carbocycles. The summed E-state index contributed by atoms with van der Waals surface area (Å²) >= 11 is 0. The van der Waals surface area contributed by atoms with E-state index in [1.807, 2.05) is 31.2 Å². The van der Waals surface area contributed by atoms with Crippen LogP contribution < -0.4 is 10.6 Å². The number of nitrogens with zero attached hydrogens (tertiary/aromatic N) is 2. The van der Waals surface area contributed by atoms with Crippen LogP contribution in [-0.4, -0.2) is 48.4 Å². The third-order valence-electron chi connectivity index (χ3n) is 4.87. The molecule has 8 heteroatoms. The Bertz CT molecular complexity index is 1150. The van der Waals surface area contributed by atoms with Crippen LogP contribution in [0.1, 0.15) is 21.5 Å². The number of hydrogen-bond acceptors (Lipinski definition) is 4. The van der Waals surface area contributed by atoms with Crippen LogP contribution in [0, 0.1) is 12.7 Å². The number of aliphatic imine (C=N–C) groups is 1. The first-order valence-corrected chi connectivity index (χ1v) is 10.3. The number of carboxylic acid groups (broad SMARTS) is 1. The number of nitrogens with one attached hydrogen (secondary N) is 2. The lowest BCUT2D eigenvalue weighted by Crippen LogP contribution is -2.35. The van der Waals surface area contributed by atoms with Crippen molar-refractivity contribution in [1.29, 1.82) is 0 Å². The highest BCUT2D eigenvalue weighted by atomic mass is 19.1. The van der Waals surface area contributed by atoms with E-state index in [2.05, 4.69) is 15.6 Å². The molecular weight excluding hydrogens is 423 g/mol. The van der Waals surface area contributed by atoms with Gasteiger partial charge in [-0.05, 0) is 55.0 Å². The summed E-state index contributed by atoms with van der Waals surface area (Å²) < 4.78 is 13.2. The minimum Gasteiger partial charge on any atom is -0.465 e. The van der Waals surface area contributed by atoms with Crippen LogP contribution in [0.15, 0.2) is 71.7 Å². The van der Waals surface area contributed by atoms with E-state index >= 15 is 0 Å². The van der Waals surface area contributed by atoms with E-state index in [1.54, 1.807) is 43.6 Å². The van der Waals surface area contributed by atoms with Crippen molar-refractivity contribution in [3.63, 3.8) is 0 Å². The maximum Gasteiger partial charge on any atom is 0.404 e. The number of anilines is 2. The molecule has 3 rings (SSSR count). The van der Waals surface area contributed by atoms with Gasteiger partial charge in [-0.1, -0.05) is 29.8 Å². The molecule has 0 fully saturated rings. The summed E-state index contributed by atoms with van der Waals surface area (Å²) in [6.45, 7) is 2.36. The summed E-state index contributed by atoms with van der Waals surface area (Å²) in [7, 11) is 1.60. The van der Waals surface area contributed by atoms with Gasteiger partial charge < -0.3 is 20.6 Å². The van der Waals surface area contributed by atoms with Crippen molar-refractivity contribution in [1.82, 2.24) is 10.2 Å². The highest BCUT2D eigenvalue weighted by molar-refractivity contribution is 5.97. The van der Waals surface area contributed by atoms with Gasteiger partial charge in [0.2, 0.25) is 0 Å². The number of amides is 2. The highest BCUT2D eigenvalue weighted by Crippen LogP contribution is 2.30. The molecule has 7 nitrogen and oxygen atoms in total. The summed E-state index contributed by atoms with van der Waals surface area (Å²) in [5.41, 5.74) is 4.36. The van der Waals surface area contributed by atoms with Gasteiger partial charge in [0.1, 0.15) is 5.82 Å². The van der Waals surface area contributed by atoms with E-state index in [-0.39, 0.29) is 24.8 Å². The summed E-state index contributed by atoms with van der Waals surface area (Å²) in [5, 5.41) is 14.2. The minimum atomic E-state index is -1.14. The molecule has 33 heavy (non-hydrogen) atoms. The lowest BCUT2D eigenvalue weighted by atomic mass is 10.1. The second kappa shape index (κ2) is 10.9. The number of halogens is 1. The van der Waals surface area contributed by atoms with Crippen molar-refractivity contribution in [2.24, 2.45) is 4.99 Å². The van der Waals surface area contributed by atoms with Gasteiger partial charge in [-0.25, -0.2) is 9.18 Å². The SMILES string of the molecule is Cc1ccc(Nc2ccc(C(=O)N(C)CCNC(=O)O)cc2N=Cc2ccc(F)cc2)cc1. The Hall–Kier alpha value is -4.20. The Morgan fingerprint density at radius 2 is 1.76 bits per heavy atom. The second-order valence-corrected chi connectivity index (χ2v) is 7.49. The fourth-order valence-electron chi connectivity index (χ4n) is 3.01. The van der Waals surface area contributed by atoms with Crippen molar-refractivity contribution in [2.45, 2.75) is 6.92 Å². The number of rotatable bonds is 8. The molecule has 2 amide bonds. The van der Waals surface area contributed by atoms with E-state index in [0.29, 0.717) is 22.5 Å². The van der Waals surface area contributed by atoms with Gasteiger partial charge >= 0.3 is 6.09 Å². The van der Waals surface area contributed by atoms with Gasteiger partial charge in [0, 0.05) is 37.6 Å². The van der Waals surface area contributed by atoms with Crippen molar-refractivity contribution in [3.8, 4) is 0 Å². The monoisotopic (exact) mass is 448 g/mol. The molecule has 3 aromatic carbocycles. The van der Waals surface area contributed by atoms with Gasteiger partial charge in [-0.3, -0.25) is 9.79 Å². The van der Waals surface area contributed by atoms with Crippen LogP contribution in [0.5, 0.6) is 0 Å². The van der Waals surface area contributed by atoms with Crippen LogP contribution in [0.3, 0.4) is 0 Å². The number of hydrogen-bond donors (Lipinski definition) is 3. The fourth-order valence-corrected chi connectivity index (χ4v) is 3.01. The summed E-state index contributed by atoms with van der Waals surface area (Å²) in [5.74, 6) is -0.593. The van der Waals surface area contributed by atoms with Crippen LogP contribution >= 0.6 is 0 Å². The lowest BCUT2D eigenvalue weighted by Gasteiger charge is -2.18. The van der Waals surface area contributed by atoms with Crippen LogP contribution in [0.4, 0.5) is 26.2 Å². The minimum absolute atomic E-state index is 0.125. The van der Waals surface area contributed by atoms with Crippen molar-refractivity contribution in [2.75, 3.05) is 25.5 Å². The summed E-state index contributed by atoms with van der Waals surface area (Å²) in [6, 6.07) is 18.9. The third-order valence-corrected chi connectivity index (χ3v) is 4.87. The quantitative estimate of drug-likeness (QED) is 0.424. The van der Waals surface area contributed by atoms with Crippen molar-refractivity contribution in [3.05, 3.63) is 89.2 Å². The van der Waals surface area contributed by atoms with Crippen LogP contribution in [-0.2, 0) is 0 Å². The molecule has 3 aromatic rings. The predicted octanol–water partition coefficient (Wildman–Crippen LogP) is 4.97. The first kappa shape index (κ1) is 23.5. The first-order valence-electron chi connectivity index (χ1n) is 10.3. The van der Waals surface area contributed by atoms with Gasteiger partial charge in [0.15, 0.2) is 0 Å². The molecule has 0 atom stereocenters. The molecule has 0 aliphatic rings. The van der Waals surface area contributed by atoms with Crippen molar-refractivity contribution >= 4 is 35.3 Å². The van der Waals surface area contributed by atoms with E-state index in [4.69, 9.17) is 5.11 Å². The van der Waals surface area contributed by atoms with Gasteiger partial charge in [-0.15, -0.1) is 0 Å². The number of carbonyl (C=O) groups excluding carboxylic acids is 1. The van der Waals surface area contributed by atoms with E-state index in [9.17, 15) is 14.0 Å². The van der Waals surface area contributed by atoms with Crippen molar-refractivity contribution < 1.29 is 19.1 Å². The number of aryl methyl sites for hydroxylation is 1. The molecule has 0 bridgehead atoms. The Kier molecular flexibility index (Phi) is 7.75. The average molecular weight is 448 g/mol. The topological polar surface area (TPSA) is 94.0 Å².